The van der Waals surface area contributed by atoms with Crippen molar-refractivity contribution in [1.82, 2.24) is 5.48 Å². The second kappa shape index (κ2) is 6.22. The first-order valence-corrected chi connectivity index (χ1v) is 7.17. The number of amides is 1. The second-order valence-corrected chi connectivity index (χ2v) is 5.34. The molecule has 0 saturated heterocycles. The number of halogens is 1. The molecule has 1 amide bonds. The highest BCUT2D eigenvalue weighted by atomic mass is 35.5. The van der Waals surface area contributed by atoms with Gasteiger partial charge in [-0.2, -0.15) is 0 Å². The Labute approximate surface area is 132 Å². The van der Waals surface area contributed by atoms with Crippen LogP contribution in [-0.4, -0.2) is 5.91 Å². The number of aryl methyl sites for hydroxylation is 1. The van der Waals surface area contributed by atoms with E-state index in [9.17, 15) is 4.79 Å². The van der Waals surface area contributed by atoms with E-state index in [4.69, 9.17) is 20.9 Å². The summed E-state index contributed by atoms with van der Waals surface area (Å²) in [5.74, 6) is -0.189. The van der Waals surface area contributed by atoms with E-state index in [1.54, 1.807) is 18.2 Å². The summed E-state index contributed by atoms with van der Waals surface area (Å²) >= 11 is 5.96. The van der Waals surface area contributed by atoms with Gasteiger partial charge in [0.1, 0.15) is 5.58 Å². The summed E-state index contributed by atoms with van der Waals surface area (Å²) in [5, 5.41) is 1.42. The zero-order valence-electron chi connectivity index (χ0n) is 11.9. The largest absolute Gasteiger partial charge is 0.451 e. The molecule has 3 rings (SSSR count). The fraction of sp³-hybridized carbons (Fsp3) is 0.118. The Kier molecular flexibility index (Phi) is 4.13. The van der Waals surface area contributed by atoms with Crippen LogP contribution in [0.25, 0.3) is 11.0 Å². The molecule has 5 heteroatoms. The fourth-order valence-corrected chi connectivity index (χ4v) is 2.39. The van der Waals surface area contributed by atoms with Gasteiger partial charge in [-0.15, -0.1) is 0 Å². The van der Waals surface area contributed by atoms with Crippen molar-refractivity contribution in [1.29, 1.82) is 0 Å². The predicted octanol–water partition coefficient (Wildman–Crippen LogP) is 4.26. The SMILES string of the molecule is Cc1c(C(=O)NOCc2ccccc2)oc2ccc(Cl)cc12. The molecule has 0 unspecified atom stereocenters. The third-order valence-corrected chi connectivity index (χ3v) is 3.59. The van der Waals surface area contributed by atoms with Crippen molar-refractivity contribution in [3.05, 3.63) is 70.4 Å². The van der Waals surface area contributed by atoms with E-state index >= 15 is 0 Å². The first kappa shape index (κ1) is 14.6. The van der Waals surface area contributed by atoms with E-state index in [0.717, 1.165) is 16.5 Å². The van der Waals surface area contributed by atoms with Gasteiger partial charge >= 0.3 is 5.91 Å². The van der Waals surface area contributed by atoms with Crippen molar-refractivity contribution in [2.75, 3.05) is 0 Å². The van der Waals surface area contributed by atoms with Crippen LogP contribution < -0.4 is 5.48 Å². The molecule has 0 radical (unpaired) electrons. The highest BCUT2D eigenvalue weighted by Gasteiger charge is 2.17. The van der Waals surface area contributed by atoms with Gasteiger partial charge in [0, 0.05) is 16.0 Å². The Hall–Kier alpha value is -2.30. The van der Waals surface area contributed by atoms with Crippen molar-refractivity contribution in [3.63, 3.8) is 0 Å². The van der Waals surface area contributed by atoms with E-state index in [-0.39, 0.29) is 12.4 Å². The van der Waals surface area contributed by atoms with Crippen LogP contribution in [0.1, 0.15) is 21.7 Å². The Morgan fingerprint density at radius 1 is 1.23 bits per heavy atom. The Bertz CT molecular complexity index is 811. The second-order valence-electron chi connectivity index (χ2n) is 4.90. The molecule has 1 aromatic heterocycles. The highest BCUT2D eigenvalue weighted by molar-refractivity contribution is 6.31. The average Bonchev–Trinajstić information content (AvgIpc) is 2.85. The van der Waals surface area contributed by atoms with E-state index in [1.165, 1.54) is 0 Å². The number of hydroxylamine groups is 1. The number of nitrogens with one attached hydrogen (secondary N) is 1. The molecule has 0 bridgehead atoms. The molecular formula is C17H14ClNO3. The zero-order valence-corrected chi connectivity index (χ0v) is 12.7. The van der Waals surface area contributed by atoms with Gasteiger partial charge in [-0.3, -0.25) is 9.63 Å². The molecule has 0 atom stereocenters. The lowest BCUT2D eigenvalue weighted by Gasteiger charge is -2.04. The molecule has 0 saturated carbocycles. The van der Waals surface area contributed by atoms with Crippen molar-refractivity contribution < 1.29 is 14.0 Å². The molecule has 112 valence electrons. The minimum Gasteiger partial charge on any atom is -0.451 e. The number of carbonyl (C=O) groups excluding carboxylic acids is 1. The fourth-order valence-electron chi connectivity index (χ4n) is 2.22. The maximum atomic E-state index is 12.1. The van der Waals surface area contributed by atoms with E-state index in [2.05, 4.69) is 5.48 Å². The van der Waals surface area contributed by atoms with Crippen LogP contribution in [0.4, 0.5) is 0 Å². The predicted molar refractivity (Wildman–Crippen MR) is 84.7 cm³/mol. The monoisotopic (exact) mass is 315 g/mol. The van der Waals surface area contributed by atoms with Gasteiger partial charge in [0.25, 0.3) is 0 Å². The average molecular weight is 316 g/mol. The minimum atomic E-state index is -0.416. The molecule has 4 nitrogen and oxygen atoms in total. The lowest BCUT2D eigenvalue weighted by atomic mass is 10.1. The molecule has 0 spiro atoms. The molecule has 0 aliphatic heterocycles. The van der Waals surface area contributed by atoms with Gasteiger partial charge in [0.15, 0.2) is 5.76 Å². The van der Waals surface area contributed by atoms with Crippen molar-refractivity contribution in [2.24, 2.45) is 0 Å². The first-order chi connectivity index (χ1) is 10.6. The third-order valence-electron chi connectivity index (χ3n) is 3.35. The normalized spacial score (nSPS) is 10.8. The highest BCUT2D eigenvalue weighted by Crippen LogP contribution is 2.27. The van der Waals surface area contributed by atoms with Gasteiger partial charge in [-0.25, -0.2) is 5.48 Å². The molecule has 2 aromatic carbocycles. The number of carbonyl (C=O) groups is 1. The minimum absolute atomic E-state index is 0.227. The van der Waals surface area contributed by atoms with Gasteiger partial charge in [0.05, 0.1) is 6.61 Å². The number of benzene rings is 2. The number of hydrogen-bond acceptors (Lipinski definition) is 3. The van der Waals surface area contributed by atoms with Crippen molar-refractivity contribution >= 4 is 28.5 Å². The molecule has 0 aliphatic rings. The maximum absolute atomic E-state index is 12.1. The molecular weight excluding hydrogens is 302 g/mol. The summed E-state index contributed by atoms with van der Waals surface area (Å²) in [6.07, 6.45) is 0. The van der Waals surface area contributed by atoms with Crippen LogP contribution >= 0.6 is 11.6 Å². The van der Waals surface area contributed by atoms with E-state index in [0.29, 0.717) is 10.6 Å². The molecule has 0 aliphatic carbocycles. The molecule has 3 aromatic rings. The van der Waals surface area contributed by atoms with Gasteiger partial charge < -0.3 is 4.42 Å². The number of hydrogen-bond donors (Lipinski definition) is 1. The lowest BCUT2D eigenvalue weighted by Crippen LogP contribution is -2.23. The summed E-state index contributed by atoms with van der Waals surface area (Å²) in [5.41, 5.74) is 4.72. The zero-order chi connectivity index (χ0) is 15.5. The van der Waals surface area contributed by atoms with E-state index < -0.39 is 5.91 Å². The van der Waals surface area contributed by atoms with Crippen LogP contribution in [0.2, 0.25) is 5.02 Å². The quantitative estimate of drug-likeness (QED) is 0.732. The molecule has 0 fully saturated rings. The van der Waals surface area contributed by atoms with Crippen LogP contribution in [0.5, 0.6) is 0 Å². The number of rotatable bonds is 4. The van der Waals surface area contributed by atoms with Crippen molar-refractivity contribution in [2.45, 2.75) is 13.5 Å². The molecule has 22 heavy (non-hydrogen) atoms. The van der Waals surface area contributed by atoms with Gasteiger partial charge in [-0.05, 0) is 30.7 Å². The Morgan fingerprint density at radius 3 is 2.77 bits per heavy atom. The topological polar surface area (TPSA) is 51.5 Å². The summed E-state index contributed by atoms with van der Waals surface area (Å²) in [7, 11) is 0. The maximum Gasteiger partial charge on any atom is 0.310 e. The summed E-state index contributed by atoms with van der Waals surface area (Å²) < 4.78 is 5.57. The molecule has 1 heterocycles. The molecule has 1 N–H and O–H groups in total. The summed E-state index contributed by atoms with van der Waals surface area (Å²) in [6, 6.07) is 14.8. The van der Waals surface area contributed by atoms with Crippen LogP contribution in [0, 0.1) is 6.92 Å². The summed E-state index contributed by atoms with van der Waals surface area (Å²) in [6.45, 7) is 2.10. The smallest absolute Gasteiger partial charge is 0.310 e. The van der Waals surface area contributed by atoms with Crippen LogP contribution in [0.3, 0.4) is 0 Å². The Morgan fingerprint density at radius 2 is 2.00 bits per heavy atom. The third kappa shape index (κ3) is 2.98. The first-order valence-electron chi connectivity index (χ1n) is 6.80. The van der Waals surface area contributed by atoms with Crippen LogP contribution in [0.15, 0.2) is 52.9 Å². The summed E-state index contributed by atoms with van der Waals surface area (Å²) in [4.78, 5) is 17.4. The number of furan rings is 1. The Balaban J connectivity index is 1.71. The standard InChI is InChI=1S/C17H14ClNO3/c1-11-14-9-13(18)7-8-15(14)22-16(11)17(20)19-21-10-12-5-3-2-4-6-12/h2-9H,10H2,1H3,(H,19,20). The van der Waals surface area contributed by atoms with Gasteiger partial charge in [0.2, 0.25) is 0 Å². The van der Waals surface area contributed by atoms with Gasteiger partial charge in [-0.1, -0.05) is 41.9 Å². The van der Waals surface area contributed by atoms with E-state index in [1.807, 2.05) is 37.3 Å². The van der Waals surface area contributed by atoms with Crippen LogP contribution in [-0.2, 0) is 11.4 Å². The number of fused-ring (bicyclic) bond motifs is 1. The lowest BCUT2D eigenvalue weighted by molar-refractivity contribution is 0.0213. The van der Waals surface area contributed by atoms with Crippen molar-refractivity contribution in [3.8, 4) is 0 Å².